The summed E-state index contributed by atoms with van der Waals surface area (Å²) in [6.07, 6.45) is 51.3. The first kappa shape index (κ1) is 60.8. The maximum atomic E-state index is 9.48. The van der Waals surface area contributed by atoms with Crippen LogP contribution in [0, 0.1) is 0 Å². The van der Waals surface area contributed by atoms with E-state index >= 15 is 0 Å². The minimum atomic E-state index is 0.882. The van der Waals surface area contributed by atoms with Crippen LogP contribution >= 0.6 is 0 Å². The molecule has 0 saturated carbocycles. The van der Waals surface area contributed by atoms with E-state index in [1.54, 1.807) is 0 Å². The van der Waals surface area contributed by atoms with Crippen LogP contribution in [0.5, 0.6) is 0 Å². The average Bonchev–Trinajstić information content (AvgIpc) is 3.33. The van der Waals surface area contributed by atoms with Crippen LogP contribution in [0.15, 0.2) is 59.7 Å². The Morgan fingerprint density at radius 2 is 0.708 bits per heavy atom. The fourth-order valence-corrected chi connectivity index (χ4v) is 10.1. The number of benzene rings is 2. The number of hydrogen-bond donors (Lipinski definition) is 0. The fraction of sp³-hybridized carbons (Fsp3) is 0.742. The zero-order chi connectivity index (χ0) is 47.1. The number of hydrogen-bond acceptors (Lipinski definition) is 0. The molecular formula is C62H106N2Ni. The van der Waals surface area contributed by atoms with Crippen molar-refractivity contribution in [2.45, 2.75) is 296 Å². The van der Waals surface area contributed by atoms with Gasteiger partial charge in [-0.25, -0.2) is 0 Å². The molecule has 2 aromatic carbocycles. The van der Waals surface area contributed by atoms with E-state index in [2.05, 4.69) is 101 Å². The summed E-state index contributed by atoms with van der Waals surface area (Å²) in [6, 6.07) is 18.4. The van der Waals surface area contributed by atoms with Gasteiger partial charge in [-0.1, -0.05) is 141 Å². The molecule has 2 aromatic rings. The smallest absolute Gasteiger partial charge is 0.348 e. The molecule has 2 nitrogen and oxygen atoms in total. The first-order chi connectivity index (χ1) is 32.1. The molecule has 0 bridgehead atoms. The predicted octanol–water partition coefficient (Wildman–Crippen LogP) is 21.5. The van der Waals surface area contributed by atoms with Crippen LogP contribution in [0.25, 0.3) is 11.1 Å². The Labute approximate surface area is 412 Å². The van der Waals surface area contributed by atoms with Crippen molar-refractivity contribution in [3.05, 3.63) is 87.5 Å². The van der Waals surface area contributed by atoms with Crippen LogP contribution < -0.4 is 0 Å². The van der Waals surface area contributed by atoms with Crippen LogP contribution in [0.1, 0.15) is 295 Å². The zero-order valence-corrected chi connectivity index (χ0v) is 45.1. The summed E-state index contributed by atoms with van der Waals surface area (Å²) in [6.45, 7) is 13.6. The third-order valence-electron chi connectivity index (χ3n) is 13.2. The number of aryl methyl sites for hydroxylation is 2. The summed E-state index contributed by atoms with van der Waals surface area (Å²) in [4.78, 5) is 3.38. The van der Waals surface area contributed by atoms with E-state index in [-0.39, 0.29) is 0 Å². The predicted molar refractivity (Wildman–Crippen MR) is 288 cm³/mol. The number of allylic oxidation sites excluding steroid dienone is 2. The van der Waals surface area contributed by atoms with Gasteiger partial charge < -0.3 is 5.53 Å². The second-order valence-electron chi connectivity index (χ2n) is 19.3. The van der Waals surface area contributed by atoms with E-state index in [4.69, 9.17) is 0 Å². The molecule has 0 aliphatic carbocycles. The van der Waals surface area contributed by atoms with E-state index in [0.29, 0.717) is 0 Å². The molecule has 2 rings (SSSR count). The summed E-state index contributed by atoms with van der Waals surface area (Å²) in [5, 5.41) is 2.87. The van der Waals surface area contributed by atoms with Crippen molar-refractivity contribution in [3.8, 4) is 0 Å². The fourth-order valence-electron chi connectivity index (χ4n) is 8.87. The first-order valence-corrected chi connectivity index (χ1v) is 29.8. The SMILES string of the molecule is CCCCCCCCCCCCC[CH2][Ni][CH2]CCCCCCCCCCCCC.CCCCCCc1ccc(C(=C(CCCC)C(=C=[N+]=[N-])CCCC)c2ccc(CCCC)cc2)cc1. The molecule has 0 radical (unpaired) electrons. The third-order valence-corrected chi connectivity index (χ3v) is 14.6. The molecule has 65 heavy (non-hydrogen) atoms. The van der Waals surface area contributed by atoms with Crippen LogP contribution in [0.4, 0.5) is 0 Å². The standard InChI is InChI=1S/C34H48N2.2C14H29.Ni/c1-5-9-13-14-16-29-21-25-31(26-22-29)34(30-23-19-28(20-24-30)15-10-6-2)33(18-12-8-4)32(27-36-35)17-11-7-3;2*1-3-5-7-9-11-13-14-12-10-8-6-4-2;/h19-26H,5-18H2,1-4H3;2*1,3-14H2,2H3;. The molecule has 0 aliphatic rings. The van der Waals surface area contributed by atoms with Crippen molar-refractivity contribution in [1.29, 1.82) is 0 Å². The van der Waals surface area contributed by atoms with Gasteiger partial charge in [0.1, 0.15) is 0 Å². The molecular weight excluding hydrogens is 831 g/mol. The van der Waals surface area contributed by atoms with Gasteiger partial charge in [-0.15, -0.1) is 4.79 Å². The van der Waals surface area contributed by atoms with Gasteiger partial charge in [0.05, 0.1) is 5.57 Å². The van der Waals surface area contributed by atoms with Gasteiger partial charge in [0.25, 0.3) is 0 Å². The second kappa shape index (κ2) is 46.9. The van der Waals surface area contributed by atoms with Gasteiger partial charge in [0.15, 0.2) is 0 Å². The van der Waals surface area contributed by atoms with Crippen LogP contribution in [-0.4, -0.2) is 10.7 Å². The van der Waals surface area contributed by atoms with E-state index in [1.165, 1.54) is 237 Å². The molecule has 0 heterocycles. The summed E-state index contributed by atoms with van der Waals surface area (Å²) < 4.78 is 0. The topological polar surface area (TPSA) is 36.4 Å². The Balaban J connectivity index is 0.000000667. The van der Waals surface area contributed by atoms with Gasteiger partial charge in [-0.3, -0.25) is 0 Å². The molecule has 0 unspecified atom stereocenters. The van der Waals surface area contributed by atoms with Gasteiger partial charge >= 0.3 is 172 Å². The summed E-state index contributed by atoms with van der Waals surface area (Å²) >= 11 is 2.04. The quantitative estimate of drug-likeness (QED) is 0.0159. The van der Waals surface area contributed by atoms with Crippen LogP contribution in [0.3, 0.4) is 0 Å². The molecule has 0 fully saturated rings. The molecule has 0 spiro atoms. The minimum Gasteiger partial charge on any atom is -0.348 e. The Bertz CT molecular complexity index is 1420. The normalized spacial score (nSPS) is 11.5. The first-order valence-electron chi connectivity index (χ1n) is 28.4. The average molecular weight is 938 g/mol. The molecule has 0 amide bonds. The Kier molecular flexibility index (Phi) is 43.9. The summed E-state index contributed by atoms with van der Waals surface area (Å²) in [5.41, 5.74) is 18.4. The number of nitrogens with zero attached hydrogens (tertiary/aromatic N) is 2. The molecule has 0 N–H and O–H groups in total. The Morgan fingerprint density at radius 3 is 1.08 bits per heavy atom. The molecule has 0 saturated heterocycles. The Hall–Kier alpha value is -2.17. The van der Waals surface area contributed by atoms with Gasteiger partial charge in [-0.05, 0) is 84.8 Å². The van der Waals surface area contributed by atoms with Crippen molar-refractivity contribution < 1.29 is 19.2 Å². The second-order valence-corrected chi connectivity index (χ2v) is 20.8. The number of unbranched alkanes of at least 4 members (excludes halogenated alkanes) is 28. The van der Waals surface area contributed by atoms with Gasteiger partial charge in [-0.2, -0.15) is 0 Å². The molecule has 0 atom stereocenters. The van der Waals surface area contributed by atoms with Crippen LogP contribution in [-0.2, 0) is 27.3 Å². The van der Waals surface area contributed by atoms with Crippen molar-refractivity contribution in [2.24, 2.45) is 0 Å². The van der Waals surface area contributed by atoms with E-state index in [1.807, 2.05) is 14.4 Å². The summed E-state index contributed by atoms with van der Waals surface area (Å²) in [7, 11) is 0. The van der Waals surface area contributed by atoms with E-state index in [9.17, 15) is 5.53 Å². The summed E-state index contributed by atoms with van der Waals surface area (Å²) in [5.74, 6) is 2.98. The van der Waals surface area contributed by atoms with E-state index < -0.39 is 0 Å². The van der Waals surface area contributed by atoms with Crippen molar-refractivity contribution in [1.82, 2.24) is 0 Å². The molecule has 374 valence electrons. The number of rotatable bonds is 43. The minimum absolute atomic E-state index is 0.882. The zero-order valence-electron chi connectivity index (χ0n) is 44.1. The molecule has 3 heteroatoms. The van der Waals surface area contributed by atoms with Gasteiger partial charge in [0, 0.05) is 0 Å². The Morgan fingerprint density at radius 1 is 0.385 bits per heavy atom. The van der Waals surface area contributed by atoms with Crippen molar-refractivity contribution in [2.75, 3.05) is 0 Å². The van der Waals surface area contributed by atoms with Crippen molar-refractivity contribution >= 4 is 11.4 Å². The third kappa shape index (κ3) is 33.9. The molecule has 0 aromatic heterocycles. The maximum absolute atomic E-state index is 9.48. The monoisotopic (exact) mass is 937 g/mol. The van der Waals surface area contributed by atoms with E-state index in [0.717, 1.165) is 56.9 Å². The molecule has 0 aliphatic heterocycles. The van der Waals surface area contributed by atoms with Gasteiger partial charge in [0.2, 0.25) is 0 Å². The van der Waals surface area contributed by atoms with Crippen molar-refractivity contribution in [3.63, 3.8) is 0 Å². The van der Waals surface area contributed by atoms with Crippen LogP contribution in [0.2, 0.25) is 10.8 Å².